The lowest BCUT2D eigenvalue weighted by atomic mass is 9.70. The number of Topliss-reactive ketones (excluding diaryl/α,β-unsaturated/α-hetero) is 1. The van der Waals surface area contributed by atoms with E-state index in [1.807, 2.05) is 11.8 Å². The van der Waals surface area contributed by atoms with Crippen LogP contribution in [0, 0.1) is 16.7 Å². The summed E-state index contributed by atoms with van der Waals surface area (Å²) in [6, 6.07) is 8.64. The second kappa shape index (κ2) is 5.01. The van der Waals surface area contributed by atoms with Crippen LogP contribution in [0.15, 0.2) is 29.8 Å². The average Bonchev–Trinajstić information content (AvgIpc) is 2.75. The van der Waals surface area contributed by atoms with Crippen molar-refractivity contribution in [3.8, 4) is 0 Å². The molecule has 2 heteroatoms. The van der Waals surface area contributed by atoms with Gasteiger partial charge in [-0.1, -0.05) is 45.0 Å². The van der Waals surface area contributed by atoms with Crippen LogP contribution in [-0.2, 0) is 10.5 Å². The van der Waals surface area contributed by atoms with Crippen molar-refractivity contribution >= 4 is 23.6 Å². The number of carbonyl (C=O) groups excluding carboxylic acids is 1. The maximum absolute atomic E-state index is 12.8. The molecule has 1 aromatic carbocycles. The first-order chi connectivity index (χ1) is 9.90. The highest BCUT2D eigenvalue weighted by molar-refractivity contribution is 7.97. The van der Waals surface area contributed by atoms with Crippen molar-refractivity contribution in [3.63, 3.8) is 0 Å². The minimum atomic E-state index is -0.151. The van der Waals surface area contributed by atoms with Crippen LogP contribution in [0.2, 0.25) is 0 Å². The predicted octanol–water partition coefficient (Wildman–Crippen LogP) is 4.96. The van der Waals surface area contributed by atoms with Gasteiger partial charge in [-0.2, -0.15) is 11.8 Å². The van der Waals surface area contributed by atoms with Crippen LogP contribution in [0.25, 0.3) is 6.08 Å². The number of allylic oxidation sites excluding steroid dienone is 1. The molecule has 0 N–H and O–H groups in total. The number of rotatable bonds is 3. The Balaban J connectivity index is 1.92. The SMILES string of the molecule is CSCc1ccc(C=C2C(=O)C3(C)CCC2C3(C)C)cc1. The molecule has 21 heavy (non-hydrogen) atoms. The number of hydrogen-bond donors (Lipinski definition) is 0. The van der Waals surface area contributed by atoms with Crippen LogP contribution in [0.3, 0.4) is 0 Å². The first-order valence-corrected chi connectivity index (χ1v) is 9.14. The van der Waals surface area contributed by atoms with Crippen molar-refractivity contribution < 1.29 is 4.79 Å². The third-order valence-electron chi connectivity index (χ3n) is 5.98. The third kappa shape index (κ3) is 2.11. The normalized spacial score (nSPS) is 32.1. The van der Waals surface area contributed by atoms with Gasteiger partial charge in [0.25, 0.3) is 0 Å². The fourth-order valence-electron chi connectivity index (χ4n) is 4.15. The van der Waals surface area contributed by atoms with Gasteiger partial charge >= 0.3 is 0 Å². The van der Waals surface area contributed by atoms with E-state index < -0.39 is 0 Å². The Labute approximate surface area is 132 Å². The third-order valence-corrected chi connectivity index (χ3v) is 6.60. The summed E-state index contributed by atoms with van der Waals surface area (Å²) in [6.45, 7) is 6.70. The molecular weight excluding hydrogens is 276 g/mol. The van der Waals surface area contributed by atoms with Gasteiger partial charge in [0.1, 0.15) is 0 Å². The van der Waals surface area contributed by atoms with Crippen LogP contribution in [0.4, 0.5) is 0 Å². The van der Waals surface area contributed by atoms with E-state index in [4.69, 9.17) is 0 Å². The molecule has 2 atom stereocenters. The molecule has 1 aromatic rings. The molecule has 0 heterocycles. The first-order valence-electron chi connectivity index (χ1n) is 7.74. The highest BCUT2D eigenvalue weighted by Crippen LogP contribution is 2.65. The number of hydrogen-bond acceptors (Lipinski definition) is 2. The fourth-order valence-corrected chi connectivity index (χ4v) is 4.68. The Kier molecular flexibility index (Phi) is 3.56. The number of benzene rings is 1. The lowest BCUT2D eigenvalue weighted by molar-refractivity contribution is -0.125. The smallest absolute Gasteiger partial charge is 0.165 e. The molecule has 0 saturated heterocycles. The summed E-state index contributed by atoms with van der Waals surface area (Å²) in [5, 5.41) is 0. The molecule has 2 aliphatic carbocycles. The van der Waals surface area contributed by atoms with Crippen molar-refractivity contribution in [2.45, 2.75) is 39.4 Å². The van der Waals surface area contributed by atoms with Gasteiger partial charge in [-0.25, -0.2) is 0 Å². The molecule has 2 fully saturated rings. The molecule has 112 valence electrons. The van der Waals surface area contributed by atoms with Crippen LogP contribution in [-0.4, -0.2) is 12.0 Å². The number of ketones is 1. The average molecular weight is 300 g/mol. The van der Waals surface area contributed by atoms with E-state index >= 15 is 0 Å². The van der Waals surface area contributed by atoms with Gasteiger partial charge in [0, 0.05) is 11.2 Å². The van der Waals surface area contributed by atoms with Crippen molar-refractivity contribution in [2.75, 3.05) is 6.26 Å². The van der Waals surface area contributed by atoms with Crippen molar-refractivity contribution in [3.05, 3.63) is 41.0 Å². The maximum Gasteiger partial charge on any atom is 0.165 e. The first kappa shape index (κ1) is 14.9. The monoisotopic (exact) mass is 300 g/mol. The van der Waals surface area contributed by atoms with Crippen LogP contribution < -0.4 is 0 Å². The summed E-state index contributed by atoms with van der Waals surface area (Å²) in [5.41, 5.74) is 3.52. The van der Waals surface area contributed by atoms with Gasteiger partial charge in [0.05, 0.1) is 0 Å². The zero-order chi connectivity index (χ0) is 15.3. The lowest BCUT2D eigenvalue weighted by Gasteiger charge is -2.31. The largest absolute Gasteiger partial charge is 0.294 e. The Morgan fingerprint density at radius 3 is 2.43 bits per heavy atom. The number of fused-ring (bicyclic) bond motifs is 2. The van der Waals surface area contributed by atoms with Crippen molar-refractivity contribution in [2.24, 2.45) is 16.7 Å². The molecule has 2 bridgehead atoms. The number of carbonyl (C=O) groups is 1. The van der Waals surface area contributed by atoms with E-state index in [1.165, 1.54) is 5.56 Å². The molecule has 0 aliphatic heterocycles. The molecule has 0 amide bonds. The lowest BCUT2D eigenvalue weighted by Crippen LogP contribution is -2.32. The van der Waals surface area contributed by atoms with E-state index in [0.29, 0.717) is 11.7 Å². The van der Waals surface area contributed by atoms with E-state index in [1.54, 1.807) is 0 Å². The van der Waals surface area contributed by atoms with E-state index in [9.17, 15) is 4.79 Å². The molecule has 3 rings (SSSR count). The summed E-state index contributed by atoms with van der Waals surface area (Å²) in [6.07, 6.45) is 6.47. The molecular formula is C19H24OS. The molecule has 2 aliphatic rings. The topological polar surface area (TPSA) is 17.1 Å². The molecule has 1 nitrogen and oxygen atoms in total. The maximum atomic E-state index is 12.8. The quantitative estimate of drug-likeness (QED) is 0.734. The highest BCUT2D eigenvalue weighted by Gasteiger charge is 2.63. The van der Waals surface area contributed by atoms with E-state index in [-0.39, 0.29) is 10.8 Å². The van der Waals surface area contributed by atoms with Gasteiger partial charge in [0.15, 0.2) is 5.78 Å². The van der Waals surface area contributed by atoms with Gasteiger partial charge in [-0.3, -0.25) is 4.79 Å². The molecule has 0 aromatic heterocycles. The summed E-state index contributed by atoms with van der Waals surface area (Å²) < 4.78 is 0. The van der Waals surface area contributed by atoms with E-state index in [0.717, 1.165) is 29.7 Å². The van der Waals surface area contributed by atoms with Crippen LogP contribution >= 0.6 is 11.8 Å². The highest BCUT2D eigenvalue weighted by atomic mass is 32.2. The Hall–Kier alpha value is -1.02. The minimum absolute atomic E-state index is 0.106. The standard InChI is InChI=1S/C19H24OS/c1-18(2)16-9-10-19(18,3)17(20)15(16)11-13-5-7-14(8-6-13)12-21-4/h5-8,11,16H,9-10,12H2,1-4H3. The van der Waals surface area contributed by atoms with Gasteiger partial charge in [-0.05, 0) is 53.2 Å². The number of thioether (sulfide) groups is 1. The van der Waals surface area contributed by atoms with Gasteiger partial charge < -0.3 is 0 Å². The van der Waals surface area contributed by atoms with Crippen molar-refractivity contribution in [1.82, 2.24) is 0 Å². The summed E-state index contributed by atoms with van der Waals surface area (Å²) in [5.74, 6) is 1.86. The Morgan fingerprint density at radius 1 is 1.24 bits per heavy atom. The zero-order valence-corrected chi connectivity index (χ0v) is 14.2. The van der Waals surface area contributed by atoms with Crippen molar-refractivity contribution in [1.29, 1.82) is 0 Å². The fraction of sp³-hybridized carbons (Fsp3) is 0.526. The summed E-state index contributed by atoms with van der Waals surface area (Å²) in [7, 11) is 0. The molecule has 0 radical (unpaired) electrons. The zero-order valence-electron chi connectivity index (χ0n) is 13.4. The summed E-state index contributed by atoms with van der Waals surface area (Å²) >= 11 is 1.83. The Bertz CT molecular complexity index is 596. The predicted molar refractivity (Wildman–Crippen MR) is 91.3 cm³/mol. The molecule has 2 saturated carbocycles. The van der Waals surface area contributed by atoms with Crippen LogP contribution in [0.5, 0.6) is 0 Å². The van der Waals surface area contributed by atoms with Gasteiger partial charge in [-0.15, -0.1) is 0 Å². The molecule has 2 unspecified atom stereocenters. The minimum Gasteiger partial charge on any atom is -0.294 e. The van der Waals surface area contributed by atoms with Crippen LogP contribution in [0.1, 0.15) is 44.7 Å². The summed E-state index contributed by atoms with van der Waals surface area (Å²) in [4.78, 5) is 12.8. The van der Waals surface area contributed by atoms with Gasteiger partial charge in [0.2, 0.25) is 0 Å². The molecule has 0 spiro atoms. The second-order valence-electron chi connectivity index (χ2n) is 7.25. The van der Waals surface area contributed by atoms with E-state index in [2.05, 4.69) is 57.4 Å². The Morgan fingerprint density at radius 2 is 1.90 bits per heavy atom. The second-order valence-corrected chi connectivity index (χ2v) is 8.11.